The highest BCUT2D eigenvalue weighted by atomic mass is 32.2. The first-order valence-corrected chi connectivity index (χ1v) is 12.3. The lowest BCUT2D eigenvalue weighted by Gasteiger charge is -2.08. The zero-order chi connectivity index (χ0) is 23.9. The molecule has 0 atom stereocenters. The van der Waals surface area contributed by atoms with Crippen LogP contribution in [0.15, 0.2) is 50.1 Å². The topological polar surface area (TPSA) is 130 Å². The minimum atomic E-state index is -0.738. The Hall–Kier alpha value is -3.38. The number of nitrogens with zero attached hydrogens (tertiary/aromatic N) is 2. The Bertz CT molecular complexity index is 1210. The lowest BCUT2D eigenvalue weighted by atomic mass is 10.3. The van der Waals surface area contributed by atoms with Gasteiger partial charge in [0.15, 0.2) is 10.9 Å². The van der Waals surface area contributed by atoms with Gasteiger partial charge in [-0.2, -0.15) is 0 Å². The molecule has 1 fully saturated rings. The number of amides is 1. The number of ether oxygens (including phenoxy) is 3. The summed E-state index contributed by atoms with van der Waals surface area (Å²) in [5.74, 6) is 0.934. The molecule has 3 aromatic rings. The molecule has 0 aliphatic heterocycles. The highest BCUT2D eigenvalue weighted by Gasteiger charge is 2.30. The van der Waals surface area contributed by atoms with E-state index >= 15 is 0 Å². The van der Waals surface area contributed by atoms with E-state index in [1.807, 2.05) is 6.92 Å². The van der Waals surface area contributed by atoms with E-state index < -0.39 is 11.4 Å². The quantitative estimate of drug-likeness (QED) is 0.236. The molecule has 0 bridgehead atoms. The molecule has 0 spiro atoms. The van der Waals surface area contributed by atoms with Crippen molar-refractivity contribution in [1.82, 2.24) is 10.2 Å². The van der Waals surface area contributed by atoms with Crippen molar-refractivity contribution in [3.63, 3.8) is 0 Å². The molecule has 0 saturated heterocycles. The molecule has 34 heavy (non-hydrogen) atoms. The standard InChI is InChI=1S/C22H21N3O7S2/c1-2-29-14-5-7-15(8-6-14)31-11-19(27)32-18-10-30-16(9-17(18)26)12-33-22-25-24-21(34-22)23-20(28)13-3-4-13/h5-10,13H,2-4,11-12H2,1H3,(H,23,24,28). The number of hydrogen-bond donors (Lipinski definition) is 1. The van der Waals surface area contributed by atoms with Crippen LogP contribution in [0.3, 0.4) is 0 Å². The smallest absolute Gasteiger partial charge is 0.349 e. The van der Waals surface area contributed by atoms with E-state index in [0.717, 1.165) is 19.1 Å². The van der Waals surface area contributed by atoms with Crippen molar-refractivity contribution < 1.29 is 28.2 Å². The van der Waals surface area contributed by atoms with E-state index in [9.17, 15) is 14.4 Å². The largest absolute Gasteiger partial charge is 0.494 e. The second-order valence-corrected chi connectivity index (χ2v) is 9.37. The van der Waals surface area contributed by atoms with Crippen LogP contribution >= 0.6 is 23.1 Å². The Morgan fingerprint density at radius 2 is 1.91 bits per heavy atom. The number of carbonyl (C=O) groups is 2. The van der Waals surface area contributed by atoms with Gasteiger partial charge in [0.05, 0.1) is 12.4 Å². The lowest BCUT2D eigenvalue weighted by molar-refractivity contribution is -0.136. The molecule has 1 N–H and O–H groups in total. The van der Waals surface area contributed by atoms with Crippen molar-refractivity contribution in [1.29, 1.82) is 0 Å². The zero-order valence-corrected chi connectivity index (χ0v) is 19.8. The summed E-state index contributed by atoms with van der Waals surface area (Å²) < 4.78 is 21.8. The average Bonchev–Trinajstić information content (AvgIpc) is 3.59. The summed E-state index contributed by atoms with van der Waals surface area (Å²) in [6.07, 6.45) is 2.91. The normalized spacial score (nSPS) is 12.7. The SMILES string of the molecule is CCOc1ccc(OCC(=O)Oc2coc(CSc3nnc(NC(=O)C4CC4)s3)cc2=O)cc1. The van der Waals surface area contributed by atoms with Crippen LogP contribution in [0.25, 0.3) is 0 Å². The van der Waals surface area contributed by atoms with Crippen LogP contribution in [0.2, 0.25) is 0 Å². The van der Waals surface area contributed by atoms with Gasteiger partial charge in [0, 0.05) is 12.0 Å². The van der Waals surface area contributed by atoms with Crippen LogP contribution in [0.4, 0.5) is 5.13 Å². The number of nitrogens with one attached hydrogen (secondary N) is 1. The molecule has 1 aromatic carbocycles. The van der Waals surface area contributed by atoms with E-state index in [1.165, 1.54) is 29.2 Å². The van der Waals surface area contributed by atoms with Crippen LogP contribution in [0, 0.1) is 5.92 Å². The molecule has 0 radical (unpaired) electrons. The Labute approximate surface area is 202 Å². The summed E-state index contributed by atoms with van der Waals surface area (Å²) in [6.45, 7) is 2.06. The van der Waals surface area contributed by atoms with Gasteiger partial charge in [0.1, 0.15) is 23.5 Å². The van der Waals surface area contributed by atoms with Gasteiger partial charge in [0.2, 0.25) is 22.2 Å². The minimum Gasteiger partial charge on any atom is -0.494 e. The van der Waals surface area contributed by atoms with Gasteiger partial charge in [-0.25, -0.2) is 4.79 Å². The van der Waals surface area contributed by atoms with Crippen LogP contribution in [-0.2, 0) is 15.3 Å². The maximum Gasteiger partial charge on any atom is 0.349 e. The van der Waals surface area contributed by atoms with Gasteiger partial charge >= 0.3 is 5.97 Å². The van der Waals surface area contributed by atoms with E-state index in [1.54, 1.807) is 24.3 Å². The fourth-order valence-corrected chi connectivity index (χ4v) is 4.33. The summed E-state index contributed by atoms with van der Waals surface area (Å²) in [5, 5.41) is 11.1. The number of carbonyl (C=O) groups excluding carboxylic acids is 2. The predicted molar refractivity (Wildman–Crippen MR) is 125 cm³/mol. The van der Waals surface area contributed by atoms with Gasteiger partial charge < -0.3 is 23.9 Å². The van der Waals surface area contributed by atoms with Crippen molar-refractivity contribution >= 4 is 40.1 Å². The summed E-state index contributed by atoms with van der Waals surface area (Å²) in [6, 6.07) is 8.03. The summed E-state index contributed by atoms with van der Waals surface area (Å²) >= 11 is 2.55. The number of esters is 1. The second kappa shape index (κ2) is 11.2. The molecular formula is C22H21N3O7S2. The van der Waals surface area contributed by atoms with Crippen LogP contribution in [-0.4, -0.2) is 35.3 Å². The van der Waals surface area contributed by atoms with Crippen LogP contribution in [0.1, 0.15) is 25.5 Å². The first kappa shape index (κ1) is 23.8. The maximum atomic E-state index is 12.3. The van der Waals surface area contributed by atoms with E-state index in [-0.39, 0.29) is 24.2 Å². The summed E-state index contributed by atoms with van der Waals surface area (Å²) in [5.41, 5.74) is -0.495. The minimum absolute atomic E-state index is 0.0336. The number of benzene rings is 1. The number of anilines is 1. The van der Waals surface area contributed by atoms with Gasteiger partial charge in [-0.3, -0.25) is 9.59 Å². The molecule has 1 aliphatic carbocycles. The van der Waals surface area contributed by atoms with Crippen molar-refractivity contribution in [2.24, 2.45) is 5.92 Å². The number of hydrogen-bond acceptors (Lipinski definition) is 11. The van der Waals surface area contributed by atoms with Gasteiger partial charge in [-0.1, -0.05) is 23.1 Å². The monoisotopic (exact) mass is 503 g/mol. The molecule has 12 heteroatoms. The molecule has 2 aromatic heterocycles. The van der Waals surface area contributed by atoms with E-state index in [4.69, 9.17) is 18.6 Å². The third-order valence-electron chi connectivity index (χ3n) is 4.49. The Morgan fingerprint density at radius 3 is 2.59 bits per heavy atom. The molecule has 10 nitrogen and oxygen atoms in total. The van der Waals surface area contributed by atoms with Gasteiger partial charge in [-0.15, -0.1) is 10.2 Å². The van der Waals surface area contributed by atoms with Gasteiger partial charge in [0.25, 0.3) is 0 Å². The maximum absolute atomic E-state index is 12.3. The van der Waals surface area contributed by atoms with Crippen molar-refractivity contribution in [2.75, 3.05) is 18.5 Å². The molecular weight excluding hydrogens is 482 g/mol. The highest BCUT2D eigenvalue weighted by Crippen LogP contribution is 2.32. The van der Waals surface area contributed by atoms with Crippen molar-refractivity contribution in [2.45, 2.75) is 29.9 Å². The Morgan fingerprint density at radius 1 is 1.18 bits per heavy atom. The van der Waals surface area contributed by atoms with E-state index in [2.05, 4.69) is 15.5 Å². The molecule has 1 amide bonds. The van der Waals surface area contributed by atoms with Gasteiger partial charge in [-0.05, 0) is 44.0 Å². The Kier molecular flexibility index (Phi) is 7.80. The van der Waals surface area contributed by atoms with Crippen LogP contribution in [0.5, 0.6) is 17.2 Å². The predicted octanol–water partition coefficient (Wildman–Crippen LogP) is 3.52. The number of aromatic nitrogens is 2. The fraction of sp³-hybridized carbons (Fsp3) is 0.318. The first-order valence-electron chi connectivity index (χ1n) is 10.5. The summed E-state index contributed by atoms with van der Waals surface area (Å²) in [7, 11) is 0. The third kappa shape index (κ3) is 6.81. The second-order valence-electron chi connectivity index (χ2n) is 7.17. The Balaban J connectivity index is 1.24. The highest BCUT2D eigenvalue weighted by molar-refractivity contribution is 8.00. The molecule has 2 heterocycles. The van der Waals surface area contributed by atoms with Crippen molar-refractivity contribution in [3.8, 4) is 17.2 Å². The molecule has 1 saturated carbocycles. The average molecular weight is 504 g/mol. The molecule has 1 aliphatic rings. The molecule has 4 rings (SSSR count). The zero-order valence-electron chi connectivity index (χ0n) is 18.1. The molecule has 178 valence electrons. The number of thioether (sulfide) groups is 1. The number of rotatable bonds is 11. The third-order valence-corrected chi connectivity index (χ3v) is 6.48. The van der Waals surface area contributed by atoms with Crippen molar-refractivity contribution in [3.05, 3.63) is 52.6 Å². The summed E-state index contributed by atoms with van der Waals surface area (Å²) in [4.78, 5) is 36.1. The fourth-order valence-electron chi connectivity index (χ4n) is 2.69. The van der Waals surface area contributed by atoms with Crippen LogP contribution < -0.4 is 25.0 Å². The lowest BCUT2D eigenvalue weighted by Crippen LogP contribution is -2.20. The molecule has 0 unspecified atom stereocenters. The van der Waals surface area contributed by atoms with E-state index in [0.29, 0.717) is 39.1 Å². The first-order chi connectivity index (χ1) is 16.5.